The molecule has 3 heteroatoms. The molecule has 17 heavy (non-hydrogen) atoms. The smallest absolute Gasteiger partial charge is 0.325 e. The van der Waals surface area contributed by atoms with Gasteiger partial charge >= 0.3 is 9.28 Å². The summed E-state index contributed by atoms with van der Waals surface area (Å²) in [5.74, 6) is 0. The van der Waals surface area contributed by atoms with Crippen LogP contribution in [0.2, 0.25) is 6.04 Å². The van der Waals surface area contributed by atoms with Crippen LogP contribution >= 0.6 is 0 Å². The lowest BCUT2D eigenvalue weighted by Crippen LogP contribution is -2.21. The highest BCUT2D eigenvalue weighted by atomic mass is 28.3. The number of allylic oxidation sites excluding steroid dienone is 2. The summed E-state index contributed by atoms with van der Waals surface area (Å²) in [5, 5.41) is 0. The summed E-state index contributed by atoms with van der Waals surface area (Å²) >= 11 is 0. The van der Waals surface area contributed by atoms with E-state index in [-0.39, 0.29) is 0 Å². The Labute approximate surface area is 106 Å². The Kier molecular flexibility index (Phi) is 6.85. The minimum absolute atomic E-state index is 0.745. The van der Waals surface area contributed by atoms with E-state index < -0.39 is 9.28 Å². The maximum atomic E-state index is 5.64. The van der Waals surface area contributed by atoms with Crippen LogP contribution in [0, 0.1) is 0 Å². The van der Waals surface area contributed by atoms with Gasteiger partial charge in [-0.15, -0.1) is 0 Å². The summed E-state index contributed by atoms with van der Waals surface area (Å²) in [6.07, 6.45) is 2.23. The zero-order valence-corrected chi connectivity index (χ0v) is 12.1. The third-order valence-electron chi connectivity index (χ3n) is 2.55. The highest BCUT2D eigenvalue weighted by Gasteiger charge is 2.09. The van der Waals surface area contributed by atoms with E-state index in [0.29, 0.717) is 0 Å². The van der Waals surface area contributed by atoms with Crippen LogP contribution in [0.3, 0.4) is 0 Å². The van der Waals surface area contributed by atoms with E-state index in [0.717, 1.165) is 19.3 Å². The Morgan fingerprint density at radius 2 is 1.71 bits per heavy atom. The Bertz CT molecular complexity index is 329. The molecule has 0 saturated carbocycles. The molecule has 0 bridgehead atoms. The van der Waals surface area contributed by atoms with E-state index in [1.165, 1.54) is 11.1 Å². The molecule has 1 aromatic rings. The maximum absolute atomic E-state index is 5.64. The minimum atomic E-state index is -1.49. The lowest BCUT2D eigenvalue weighted by atomic mass is 10.1. The van der Waals surface area contributed by atoms with Gasteiger partial charge in [-0.25, -0.2) is 0 Å². The van der Waals surface area contributed by atoms with Gasteiger partial charge in [-0.2, -0.15) is 0 Å². The molecule has 0 unspecified atom stereocenters. The first-order valence-electron chi connectivity index (χ1n) is 6.23. The second-order valence-corrected chi connectivity index (χ2v) is 5.83. The summed E-state index contributed by atoms with van der Waals surface area (Å²) < 4.78 is 11.3. The second-order valence-electron chi connectivity index (χ2n) is 3.83. The van der Waals surface area contributed by atoms with Gasteiger partial charge in [0.05, 0.1) is 0 Å². The largest absolute Gasteiger partial charge is 0.397 e. The zero-order chi connectivity index (χ0) is 12.5. The summed E-state index contributed by atoms with van der Waals surface area (Å²) in [7, 11) is -1.49. The van der Waals surface area contributed by atoms with Gasteiger partial charge in [0.15, 0.2) is 0 Å². The molecule has 1 aromatic carbocycles. The highest BCUT2D eigenvalue weighted by molar-refractivity contribution is 6.45. The molecule has 0 spiro atoms. The van der Waals surface area contributed by atoms with E-state index >= 15 is 0 Å². The fraction of sp³-hybridized carbons (Fsp3) is 0.429. The van der Waals surface area contributed by atoms with Gasteiger partial charge in [-0.05, 0) is 31.9 Å². The molecule has 0 aromatic heterocycles. The van der Waals surface area contributed by atoms with Crippen molar-refractivity contribution in [1.82, 2.24) is 0 Å². The molecular weight excluding hydrogens is 228 g/mol. The van der Waals surface area contributed by atoms with Crippen LogP contribution < -0.4 is 0 Å². The monoisotopic (exact) mass is 250 g/mol. The van der Waals surface area contributed by atoms with Crippen molar-refractivity contribution in [2.24, 2.45) is 0 Å². The van der Waals surface area contributed by atoms with Crippen LogP contribution in [-0.2, 0) is 8.85 Å². The maximum Gasteiger partial charge on any atom is 0.325 e. The van der Waals surface area contributed by atoms with Crippen LogP contribution in [-0.4, -0.2) is 22.5 Å². The van der Waals surface area contributed by atoms with Crippen molar-refractivity contribution in [3.05, 3.63) is 42.0 Å². The molecule has 0 saturated heterocycles. The van der Waals surface area contributed by atoms with Gasteiger partial charge in [-0.1, -0.05) is 36.4 Å². The Hall–Kier alpha value is -0.903. The molecule has 0 aliphatic heterocycles. The van der Waals surface area contributed by atoms with E-state index in [2.05, 4.69) is 37.3 Å². The van der Waals surface area contributed by atoms with Crippen molar-refractivity contribution >= 4 is 14.9 Å². The summed E-state index contributed by atoms with van der Waals surface area (Å²) in [6, 6.07) is 11.4. The second kappa shape index (κ2) is 8.23. The first-order chi connectivity index (χ1) is 8.27. The quantitative estimate of drug-likeness (QED) is 0.691. The molecule has 0 aliphatic carbocycles. The fourth-order valence-electron chi connectivity index (χ4n) is 1.65. The fourth-order valence-corrected chi connectivity index (χ4v) is 3.31. The molecule has 0 heterocycles. The number of rotatable bonds is 7. The van der Waals surface area contributed by atoms with Crippen LogP contribution in [0.4, 0.5) is 0 Å². The van der Waals surface area contributed by atoms with E-state index in [9.17, 15) is 0 Å². The van der Waals surface area contributed by atoms with Crippen molar-refractivity contribution in [3.8, 4) is 0 Å². The van der Waals surface area contributed by atoms with Gasteiger partial charge < -0.3 is 8.85 Å². The third-order valence-corrected chi connectivity index (χ3v) is 4.58. The predicted molar refractivity (Wildman–Crippen MR) is 75.3 cm³/mol. The zero-order valence-electron chi connectivity index (χ0n) is 11.0. The molecule has 0 amide bonds. The van der Waals surface area contributed by atoms with Crippen LogP contribution in [0.5, 0.6) is 0 Å². The Balaban J connectivity index is 2.56. The van der Waals surface area contributed by atoms with E-state index in [1.54, 1.807) is 0 Å². The van der Waals surface area contributed by atoms with Crippen molar-refractivity contribution < 1.29 is 8.85 Å². The van der Waals surface area contributed by atoms with Crippen molar-refractivity contribution in [3.63, 3.8) is 0 Å². The van der Waals surface area contributed by atoms with Crippen LogP contribution in [0.1, 0.15) is 26.3 Å². The van der Waals surface area contributed by atoms with Gasteiger partial charge in [-0.3, -0.25) is 0 Å². The average Bonchev–Trinajstić information content (AvgIpc) is 2.37. The molecule has 0 N–H and O–H groups in total. The average molecular weight is 250 g/mol. The normalized spacial score (nSPS) is 12.1. The predicted octanol–water partition coefficient (Wildman–Crippen LogP) is 3.38. The topological polar surface area (TPSA) is 18.5 Å². The van der Waals surface area contributed by atoms with Crippen molar-refractivity contribution in [1.29, 1.82) is 0 Å². The first kappa shape index (κ1) is 14.2. The van der Waals surface area contributed by atoms with E-state index in [4.69, 9.17) is 8.85 Å². The Morgan fingerprint density at radius 1 is 1.12 bits per heavy atom. The van der Waals surface area contributed by atoms with Crippen molar-refractivity contribution in [2.45, 2.75) is 26.8 Å². The summed E-state index contributed by atoms with van der Waals surface area (Å²) in [6.45, 7) is 7.67. The molecule has 0 radical (unpaired) electrons. The number of benzene rings is 1. The molecule has 94 valence electrons. The SMILES string of the molecule is CCO[SiH](CC=C(C)c1ccccc1)OCC. The lowest BCUT2D eigenvalue weighted by molar-refractivity contribution is 0.216. The molecule has 1 rings (SSSR count). The standard InChI is InChI=1S/C14H22O2Si/c1-4-15-17(16-5-2)12-11-13(3)14-9-7-6-8-10-14/h6-11,17H,4-5,12H2,1-3H3. The molecule has 0 atom stereocenters. The van der Waals surface area contributed by atoms with Gasteiger partial charge in [0.2, 0.25) is 0 Å². The molecule has 2 nitrogen and oxygen atoms in total. The summed E-state index contributed by atoms with van der Waals surface area (Å²) in [4.78, 5) is 0. The van der Waals surface area contributed by atoms with Gasteiger partial charge in [0.1, 0.15) is 0 Å². The van der Waals surface area contributed by atoms with Crippen molar-refractivity contribution in [2.75, 3.05) is 13.2 Å². The van der Waals surface area contributed by atoms with Gasteiger partial charge in [0, 0.05) is 19.3 Å². The molecule has 0 fully saturated rings. The lowest BCUT2D eigenvalue weighted by Gasteiger charge is -2.13. The van der Waals surface area contributed by atoms with E-state index in [1.807, 2.05) is 19.9 Å². The summed E-state index contributed by atoms with van der Waals surface area (Å²) in [5.41, 5.74) is 2.57. The molecule has 0 aliphatic rings. The number of hydrogen-bond acceptors (Lipinski definition) is 2. The first-order valence-corrected chi connectivity index (χ1v) is 7.99. The minimum Gasteiger partial charge on any atom is -0.397 e. The van der Waals surface area contributed by atoms with Crippen LogP contribution in [0.25, 0.3) is 5.57 Å². The highest BCUT2D eigenvalue weighted by Crippen LogP contribution is 2.14. The third kappa shape index (κ3) is 5.30. The molecular formula is C14H22O2Si. The Morgan fingerprint density at radius 3 is 2.24 bits per heavy atom. The van der Waals surface area contributed by atoms with Crippen LogP contribution in [0.15, 0.2) is 36.4 Å². The van der Waals surface area contributed by atoms with Gasteiger partial charge in [0.25, 0.3) is 0 Å². The number of hydrogen-bond donors (Lipinski definition) is 0.